The summed E-state index contributed by atoms with van der Waals surface area (Å²) in [6.07, 6.45) is -0.0201. The summed E-state index contributed by atoms with van der Waals surface area (Å²) >= 11 is 0. The summed E-state index contributed by atoms with van der Waals surface area (Å²) in [6.45, 7) is 4.82. The SMILES string of the molecule is CC1CN(C(=O)N(C)c2ccccc2C(=O)O)C(C)CO1. The number of benzene rings is 1. The van der Waals surface area contributed by atoms with Crippen molar-refractivity contribution in [3.05, 3.63) is 29.8 Å². The van der Waals surface area contributed by atoms with Crippen LogP contribution in [0.2, 0.25) is 0 Å². The number of nitrogens with zero attached hydrogens (tertiary/aromatic N) is 2. The largest absolute Gasteiger partial charge is 0.478 e. The van der Waals surface area contributed by atoms with Gasteiger partial charge in [0, 0.05) is 13.6 Å². The van der Waals surface area contributed by atoms with E-state index < -0.39 is 5.97 Å². The molecular weight excluding hydrogens is 272 g/mol. The fraction of sp³-hybridized carbons (Fsp3) is 0.467. The fourth-order valence-corrected chi connectivity index (χ4v) is 2.41. The Morgan fingerprint density at radius 2 is 2.00 bits per heavy atom. The van der Waals surface area contributed by atoms with Crippen molar-refractivity contribution in [3.8, 4) is 0 Å². The van der Waals surface area contributed by atoms with Crippen molar-refractivity contribution in [2.75, 3.05) is 25.1 Å². The van der Waals surface area contributed by atoms with Crippen molar-refractivity contribution < 1.29 is 19.4 Å². The summed E-state index contributed by atoms with van der Waals surface area (Å²) in [5.41, 5.74) is 0.503. The second-order valence-corrected chi connectivity index (χ2v) is 5.31. The average Bonchev–Trinajstić information content (AvgIpc) is 2.48. The van der Waals surface area contributed by atoms with Crippen LogP contribution in [0.4, 0.5) is 10.5 Å². The molecule has 0 radical (unpaired) electrons. The van der Waals surface area contributed by atoms with E-state index in [1.165, 1.54) is 11.0 Å². The second kappa shape index (κ2) is 6.13. The molecule has 21 heavy (non-hydrogen) atoms. The topological polar surface area (TPSA) is 70.1 Å². The molecule has 1 heterocycles. The Hall–Kier alpha value is -2.08. The smallest absolute Gasteiger partial charge is 0.337 e. The van der Waals surface area contributed by atoms with Gasteiger partial charge >= 0.3 is 12.0 Å². The minimum atomic E-state index is -1.05. The minimum Gasteiger partial charge on any atom is -0.478 e. The third-order valence-corrected chi connectivity index (χ3v) is 3.64. The highest BCUT2D eigenvalue weighted by atomic mass is 16.5. The van der Waals surface area contributed by atoms with Crippen LogP contribution in [0, 0.1) is 0 Å². The molecule has 2 rings (SSSR count). The summed E-state index contributed by atoms with van der Waals surface area (Å²) in [5, 5.41) is 9.23. The average molecular weight is 292 g/mol. The highest BCUT2D eigenvalue weighted by Crippen LogP contribution is 2.22. The number of urea groups is 1. The molecule has 1 fully saturated rings. The van der Waals surface area contributed by atoms with Gasteiger partial charge in [-0.3, -0.25) is 4.90 Å². The maximum atomic E-state index is 12.6. The van der Waals surface area contributed by atoms with Gasteiger partial charge in [0.25, 0.3) is 0 Å². The lowest BCUT2D eigenvalue weighted by Crippen LogP contribution is -2.54. The minimum absolute atomic E-state index is 0.0201. The number of amides is 2. The summed E-state index contributed by atoms with van der Waals surface area (Å²) < 4.78 is 5.51. The summed E-state index contributed by atoms with van der Waals surface area (Å²) in [4.78, 5) is 27.0. The number of ether oxygens (including phenoxy) is 1. The lowest BCUT2D eigenvalue weighted by molar-refractivity contribution is -0.0305. The summed E-state index contributed by atoms with van der Waals surface area (Å²) in [7, 11) is 1.59. The molecule has 114 valence electrons. The molecule has 0 bridgehead atoms. The highest BCUT2D eigenvalue weighted by Gasteiger charge is 2.30. The number of carbonyl (C=O) groups excluding carboxylic acids is 1. The van der Waals surface area contributed by atoms with Crippen LogP contribution in [0.15, 0.2) is 24.3 Å². The molecule has 6 nitrogen and oxygen atoms in total. The van der Waals surface area contributed by atoms with E-state index in [1.807, 2.05) is 13.8 Å². The van der Waals surface area contributed by atoms with Gasteiger partial charge < -0.3 is 14.7 Å². The molecule has 1 aliphatic heterocycles. The molecule has 2 amide bonds. The number of carbonyl (C=O) groups is 2. The fourth-order valence-electron chi connectivity index (χ4n) is 2.41. The highest BCUT2D eigenvalue weighted by molar-refractivity contribution is 6.01. The van der Waals surface area contributed by atoms with Crippen LogP contribution in [0.25, 0.3) is 0 Å². The number of para-hydroxylation sites is 1. The van der Waals surface area contributed by atoms with Gasteiger partial charge in [0.2, 0.25) is 0 Å². The third kappa shape index (κ3) is 3.16. The van der Waals surface area contributed by atoms with Crippen molar-refractivity contribution in [2.24, 2.45) is 0 Å². The molecule has 1 aromatic rings. The molecule has 1 N–H and O–H groups in total. The molecule has 1 saturated heterocycles. The molecule has 6 heteroatoms. The van der Waals surface area contributed by atoms with Crippen LogP contribution < -0.4 is 4.90 Å². The van der Waals surface area contributed by atoms with Crippen molar-refractivity contribution in [3.63, 3.8) is 0 Å². The Kier molecular flexibility index (Phi) is 4.47. The Balaban J connectivity index is 2.25. The van der Waals surface area contributed by atoms with E-state index in [0.717, 1.165) is 0 Å². The Bertz CT molecular complexity index is 546. The van der Waals surface area contributed by atoms with E-state index in [9.17, 15) is 14.7 Å². The summed E-state index contributed by atoms with van der Waals surface area (Å²) in [6, 6.07) is 6.24. The molecular formula is C15H20N2O4. The molecule has 0 aliphatic carbocycles. The maximum absolute atomic E-state index is 12.6. The van der Waals surface area contributed by atoms with E-state index >= 15 is 0 Å². The Morgan fingerprint density at radius 3 is 2.67 bits per heavy atom. The van der Waals surface area contributed by atoms with Gasteiger partial charge in [-0.2, -0.15) is 0 Å². The van der Waals surface area contributed by atoms with Gasteiger partial charge in [-0.15, -0.1) is 0 Å². The lowest BCUT2D eigenvalue weighted by Gasteiger charge is -2.39. The number of hydrogen-bond donors (Lipinski definition) is 1. The molecule has 0 spiro atoms. The van der Waals surface area contributed by atoms with E-state index in [1.54, 1.807) is 30.1 Å². The second-order valence-electron chi connectivity index (χ2n) is 5.31. The van der Waals surface area contributed by atoms with Crippen molar-refractivity contribution in [2.45, 2.75) is 26.0 Å². The molecule has 1 aromatic carbocycles. The van der Waals surface area contributed by atoms with E-state index in [-0.39, 0.29) is 23.7 Å². The molecule has 2 unspecified atom stereocenters. The maximum Gasteiger partial charge on any atom is 0.337 e. The van der Waals surface area contributed by atoms with Gasteiger partial charge in [-0.05, 0) is 26.0 Å². The standard InChI is InChI=1S/C15H20N2O4/c1-10-9-21-11(2)8-17(10)15(20)16(3)13-7-5-4-6-12(13)14(18)19/h4-7,10-11H,8-9H2,1-3H3,(H,18,19). The molecule has 0 saturated carbocycles. The number of carboxylic acid groups (broad SMARTS) is 1. The zero-order valence-corrected chi connectivity index (χ0v) is 12.4. The van der Waals surface area contributed by atoms with Crippen molar-refractivity contribution in [1.29, 1.82) is 0 Å². The first-order valence-electron chi connectivity index (χ1n) is 6.90. The van der Waals surface area contributed by atoms with Crippen LogP contribution in [-0.4, -0.2) is 54.4 Å². The predicted molar refractivity (Wildman–Crippen MR) is 78.8 cm³/mol. The number of carboxylic acids is 1. The predicted octanol–water partition coefficient (Wildman–Crippen LogP) is 2.05. The van der Waals surface area contributed by atoms with Gasteiger partial charge in [0.1, 0.15) is 0 Å². The van der Waals surface area contributed by atoms with Gasteiger partial charge in [0.05, 0.1) is 30.0 Å². The number of aromatic carboxylic acids is 1. The van der Waals surface area contributed by atoms with E-state index in [0.29, 0.717) is 18.8 Å². The number of rotatable bonds is 2. The Labute approximate surface area is 123 Å². The van der Waals surface area contributed by atoms with Gasteiger partial charge in [-0.25, -0.2) is 9.59 Å². The van der Waals surface area contributed by atoms with Crippen LogP contribution >= 0.6 is 0 Å². The first-order valence-corrected chi connectivity index (χ1v) is 6.90. The van der Waals surface area contributed by atoms with Crippen molar-refractivity contribution in [1.82, 2.24) is 4.90 Å². The monoisotopic (exact) mass is 292 g/mol. The van der Waals surface area contributed by atoms with Crippen LogP contribution in [-0.2, 0) is 4.74 Å². The lowest BCUT2D eigenvalue weighted by atomic mass is 10.1. The quantitative estimate of drug-likeness (QED) is 0.905. The number of anilines is 1. The molecule has 1 aliphatic rings. The molecule has 2 atom stereocenters. The zero-order chi connectivity index (χ0) is 15.6. The van der Waals surface area contributed by atoms with E-state index in [4.69, 9.17) is 4.74 Å². The Morgan fingerprint density at radius 1 is 1.33 bits per heavy atom. The zero-order valence-electron chi connectivity index (χ0n) is 12.4. The third-order valence-electron chi connectivity index (χ3n) is 3.64. The number of hydrogen-bond acceptors (Lipinski definition) is 3. The van der Waals surface area contributed by atoms with Crippen LogP contribution in [0.5, 0.6) is 0 Å². The normalized spacial score (nSPS) is 22.0. The van der Waals surface area contributed by atoms with Crippen molar-refractivity contribution >= 4 is 17.7 Å². The first-order chi connectivity index (χ1) is 9.91. The van der Waals surface area contributed by atoms with Crippen LogP contribution in [0.1, 0.15) is 24.2 Å². The van der Waals surface area contributed by atoms with Gasteiger partial charge in [0.15, 0.2) is 0 Å². The van der Waals surface area contributed by atoms with Gasteiger partial charge in [-0.1, -0.05) is 12.1 Å². The molecule has 0 aromatic heterocycles. The van der Waals surface area contributed by atoms with E-state index in [2.05, 4.69) is 0 Å². The number of morpholine rings is 1. The summed E-state index contributed by atoms with van der Waals surface area (Å²) in [5.74, 6) is -1.05. The first kappa shape index (κ1) is 15.3. The van der Waals surface area contributed by atoms with Crippen LogP contribution in [0.3, 0.4) is 0 Å².